The lowest BCUT2D eigenvalue weighted by Crippen LogP contribution is -2.32. The van der Waals surface area contributed by atoms with Crippen molar-refractivity contribution in [3.05, 3.63) is 52.7 Å². The molecule has 0 bridgehead atoms. The van der Waals surface area contributed by atoms with Crippen molar-refractivity contribution in [2.24, 2.45) is 0 Å². The van der Waals surface area contributed by atoms with Crippen LogP contribution in [0.4, 0.5) is 5.82 Å². The van der Waals surface area contributed by atoms with Crippen LogP contribution in [0.2, 0.25) is 0 Å². The van der Waals surface area contributed by atoms with Gasteiger partial charge in [-0.05, 0) is 52.9 Å². The van der Waals surface area contributed by atoms with E-state index in [-0.39, 0.29) is 0 Å². The minimum absolute atomic E-state index is 0.564. The molecule has 0 saturated carbocycles. The van der Waals surface area contributed by atoms with Gasteiger partial charge in [0.1, 0.15) is 11.9 Å². The number of piperidine rings is 1. The number of hydrogen-bond donors (Lipinski definition) is 0. The van der Waals surface area contributed by atoms with Crippen molar-refractivity contribution < 1.29 is 0 Å². The summed E-state index contributed by atoms with van der Waals surface area (Å²) >= 11 is 3.52. The van der Waals surface area contributed by atoms with E-state index in [0.717, 1.165) is 52.9 Å². The summed E-state index contributed by atoms with van der Waals surface area (Å²) in [6, 6.07) is 8.36. The molecule has 0 aromatic carbocycles. The van der Waals surface area contributed by atoms with E-state index in [9.17, 15) is 5.26 Å². The molecule has 0 unspecified atom stereocenters. The maximum atomic E-state index is 9.36. The van der Waals surface area contributed by atoms with Gasteiger partial charge in [0.2, 0.25) is 0 Å². The molecule has 4 rings (SSSR count). The summed E-state index contributed by atoms with van der Waals surface area (Å²) in [5, 5.41) is 13.6. The smallest absolute Gasteiger partial charge is 0.128 e. The molecule has 1 saturated heterocycles. The first kappa shape index (κ1) is 16.1. The SMILES string of the molecule is C[C]1CCN(c2ccc(-c3cc(Br)cn4ncc(C#N)c34)cn2)CC1. The van der Waals surface area contributed by atoms with Crippen LogP contribution in [0.15, 0.2) is 41.3 Å². The molecular weight excluding hydrogens is 378 g/mol. The molecule has 4 heterocycles. The molecule has 125 valence electrons. The summed E-state index contributed by atoms with van der Waals surface area (Å²) in [6.45, 7) is 4.28. The molecular formula is C19H17BrN5. The van der Waals surface area contributed by atoms with Gasteiger partial charge in [-0.25, -0.2) is 9.50 Å². The molecule has 0 amide bonds. The van der Waals surface area contributed by atoms with Gasteiger partial charge in [0, 0.05) is 41.1 Å². The van der Waals surface area contributed by atoms with E-state index in [2.05, 4.69) is 56.0 Å². The highest BCUT2D eigenvalue weighted by Crippen LogP contribution is 2.31. The van der Waals surface area contributed by atoms with Crippen LogP contribution in [-0.4, -0.2) is 27.7 Å². The number of fused-ring (bicyclic) bond motifs is 1. The van der Waals surface area contributed by atoms with Crippen LogP contribution in [0.1, 0.15) is 25.3 Å². The van der Waals surface area contributed by atoms with E-state index < -0.39 is 0 Å². The summed E-state index contributed by atoms with van der Waals surface area (Å²) in [4.78, 5) is 7.00. The van der Waals surface area contributed by atoms with Gasteiger partial charge in [0.25, 0.3) is 0 Å². The fourth-order valence-electron chi connectivity index (χ4n) is 3.24. The Morgan fingerprint density at radius 2 is 2.00 bits per heavy atom. The quantitative estimate of drug-likeness (QED) is 0.652. The van der Waals surface area contributed by atoms with Crippen LogP contribution in [0.25, 0.3) is 16.6 Å². The highest BCUT2D eigenvalue weighted by molar-refractivity contribution is 9.10. The summed E-state index contributed by atoms with van der Waals surface area (Å²) in [5.41, 5.74) is 3.30. The summed E-state index contributed by atoms with van der Waals surface area (Å²) < 4.78 is 2.64. The number of halogens is 1. The number of aromatic nitrogens is 3. The van der Waals surface area contributed by atoms with E-state index in [1.807, 2.05) is 18.5 Å². The second-order valence-corrected chi connectivity index (χ2v) is 7.30. The molecule has 3 aromatic rings. The molecule has 0 atom stereocenters. The molecule has 1 radical (unpaired) electrons. The first-order chi connectivity index (χ1) is 12.2. The molecule has 0 spiro atoms. The second kappa shape index (κ2) is 6.49. The topological polar surface area (TPSA) is 57.2 Å². The Kier molecular flexibility index (Phi) is 4.18. The van der Waals surface area contributed by atoms with Crippen molar-refractivity contribution in [1.29, 1.82) is 5.26 Å². The molecule has 3 aromatic heterocycles. The molecule has 1 aliphatic rings. The standard InChI is InChI=1S/C19H17BrN5/c1-13-4-6-24(7-5-13)18-3-2-14(10-22-18)17-8-16(20)12-25-19(17)15(9-21)11-23-25/h2-3,8,10-12H,4-7H2,1H3. The molecule has 25 heavy (non-hydrogen) atoms. The molecule has 1 fully saturated rings. The number of nitriles is 1. The molecule has 1 aliphatic heterocycles. The van der Waals surface area contributed by atoms with Gasteiger partial charge in [0.05, 0.1) is 17.3 Å². The van der Waals surface area contributed by atoms with Gasteiger partial charge in [-0.3, -0.25) is 0 Å². The fraction of sp³-hybridized carbons (Fsp3) is 0.263. The Hall–Kier alpha value is -2.39. The van der Waals surface area contributed by atoms with Crippen LogP contribution in [0, 0.1) is 17.2 Å². The summed E-state index contributed by atoms with van der Waals surface area (Å²) in [5.74, 6) is 2.57. The lowest BCUT2D eigenvalue weighted by Gasteiger charge is -2.30. The van der Waals surface area contributed by atoms with Gasteiger partial charge in [-0.1, -0.05) is 6.92 Å². The number of pyridine rings is 2. The second-order valence-electron chi connectivity index (χ2n) is 6.38. The average Bonchev–Trinajstić information content (AvgIpc) is 3.04. The zero-order chi connectivity index (χ0) is 17.4. The van der Waals surface area contributed by atoms with Gasteiger partial charge >= 0.3 is 0 Å². The van der Waals surface area contributed by atoms with Crippen LogP contribution in [0.3, 0.4) is 0 Å². The van der Waals surface area contributed by atoms with Gasteiger partial charge < -0.3 is 4.90 Å². The number of nitrogens with zero attached hydrogens (tertiary/aromatic N) is 5. The van der Waals surface area contributed by atoms with E-state index in [1.54, 1.807) is 16.6 Å². The van der Waals surface area contributed by atoms with Crippen molar-refractivity contribution in [2.75, 3.05) is 18.0 Å². The highest BCUT2D eigenvalue weighted by Gasteiger charge is 2.18. The Labute approximate surface area is 155 Å². The Bertz CT molecular complexity index is 946. The zero-order valence-electron chi connectivity index (χ0n) is 13.9. The van der Waals surface area contributed by atoms with Crippen molar-refractivity contribution in [3.63, 3.8) is 0 Å². The lowest BCUT2D eigenvalue weighted by atomic mass is 9.99. The third kappa shape index (κ3) is 3.00. The highest BCUT2D eigenvalue weighted by atomic mass is 79.9. The zero-order valence-corrected chi connectivity index (χ0v) is 15.5. The summed E-state index contributed by atoms with van der Waals surface area (Å²) in [6.07, 6.45) is 7.61. The van der Waals surface area contributed by atoms with Crippen LogP contribution in [-0.2, 0) is 0 Å². The van der Waals surface area contributed by atoms with Gasteiger partial charge in [-0.15, -0.1) is 0 Å². The lowest BCUT2D eigenvalue weighted by molar-refractivity contribution is 0.609. The van der Waals surface area contributed by atoms with Gasteiger partial charge in [0.15, 0.2) is 0 Å². The first-order valence-electron chi connectivity index (χ1n) is 8.25. The fourth-order valence-corrected chi connectivity index (χ4v) is 3.66. The predicted octanol–water partition coefficient (Wildman–Crippen LogP) is 4.23. The Morgan fingerprint density at radius 1 is 1.20 bits per heavy atom. The molecule has 5 nitrogen and oxygen atoms in total. The van der Waals surface area contributed by atoms with E-state index in [1.165, 1.54) is 0 Å². The van der Waals surface area contributed by atoms with Crippen LogP contribution >= 0.6 is 15.9 Å². The minimum atomic E-state index is 0.564. The average molecular weight is 395 g/mol. The normalized spacial score (nSPS) is 15.5. The third-order valence-corrected chi connectivity index (χ3v) is 5.13. The number of anilines is 1. The monoisotopic (exact) mass is 394 g/mol. The van der Waals surface area contributed by atoms with Crippen molar-refractivity contribution in [1.82, 2.24) is 14.6 Å². The van der Waals surface area contributed by atoms with Gasteiger partial charge in [-0.2, -0.15) is 10.4 Å². The first-order valence-corrected chi connectivity index (χ1v) is 9.04. The number of rotatable bonds is 2. The Morgan fingerprint density at radius 3 is 2.68 bits per heavy atom. The molecule has 0 N–H and O–H groups in total. The van der Waals surface area contributed by atoms with E-state index in [0.29, 0.717) is 5.56 Å². The van der Waals surface area contributed by atoms with Crippen molar-refractivity contribution in [3.8, 4) is 17.2 Å². The van der Waals surface area contributed by atoms with Crippen LogP contribution in [0.5, 0.6) is 0 Å². The largest absolute Gasteiger partial charge is 0.357 e. The minimum Gasteiger partial charge on any atom is -0.357 e. The van der Waals surface area contributed by atoms with Crippen molar-refractivity contribution in [2.45, 2.75) is 19.8 Å². The number of hydrogen-bond acceptors (Lipinski definition) is 4. The predicted molar refractivity (Wildman–Crippen MR) is 101 cm³/mol. The van der Waals surface area contributed by atoms with Crippen molar-refractivity contribution >= 4 is 27.3 Å². The van der Waals surface area contributed by atoms with Crippen LogP contribution < -0.4 is 4.90 Å². The van der Waals surface area contributed by atoms with E-state index in [4.69, 9.17) is 0 Å². The maximum Gasteiger partial charge on any atom is 0.128 e. The summed E-state index contributed by atoms with van der Waals surface area (Å²) in [7, 11) is 0. The van der Waals surface area contributed by atoms with E-state index >= 15 is 0 Å². The maximum absolute atomic E-state index is 9.36. The Balaban J connectivity index is 1.72. The molecule has 6 heteroatoms. The molecule has 0 aliphatic carbocycles. The third-order valence-electron chi connectivity index (χ3n) is 4.70.